The van der Waals surface area contributed by atoms with Crippen molar-refractivity contribution in [2.45, 2.75) is 32.4 Å². The molecule has 1 amide bonds. The first-order chi connectivity index (χ1) is 14.7. The van der Waals surface area contributed by atoms with Gasteiger partial charge in [0.1, 0.15) is 12.4 Å². The van der Waals surface area contributed by atoms with Gasteiger partial charge in [0.25, 0.3) is 0 Å². The molecule has 2 aromatic carbocycles. The second kappa shape index (κ2) is 7.90. The zero-order valence-electron chi connectivity index (χ0n) is 16.4. The maximum absolute atomic E-state index is 12.5. The molecule has 1 aliphatic heterocycles. The summed E-state index contributed by atoms with van der Waals surface area (Å²) in [7, 11) is 0. The minimum atomic E-state index is -0.215. The van der Waals surface area contributed by atoms with E-state index in [0.29, 0.717) is 11.5 Å². The molecule has 0 saturated carbocycles. The Hall–Kier alpha value is -3.81. The monoisotopic (exact) mass is 399 g/mol. The molecule has 0 bridgehead atoms. The van der Waals surface area contributed by atoms with Gasteiger partial charge in [0, 0.05) is 36.0 Å². The fourth-order valence-electron chi connectivity index (χ4n) is 3.65. The van der Waals surface area contributed by atoms with Crippen molar-refractivity contribution in [3.63, 3.8) is 0 Å². The van der Waals surface area contributed by atoms with Gasteiger partial charge < -0.3 is 9.88 Å². The summed E-state index contributed by atoms with van der Waals surface area (Å²) in [6.07, 6.45) is 5.50. The highest BCUT2D eigenvalue weighted by atomic mass is 16.2. The van der Waals surface area contributed by atoms with Crippen LogP contribution < -0.4 is 5.32 Å². The Balaban J connectivity index is 1.27. The third kappa shape index (κ3) is 3.84. The number of nitrogens with one attached hydrogen (secondary N) is 1. The van der Waals surface area contributed by atoms with Crippen LogP contribution in [0.2, 0.25) is 0 Å². The molecule has 0 saturated heterocycles. The van der Waals surface area contributed by atoms with Gasteiger partial charge in [-0.1, -0.05) is 42.5 Å². The highest BCUT2D eigenvalue weighted by molar-refractivity contribution is 5.91. The van der Waals surface area contributed by atoms with Crippen LogP contribution in [0.5, 0.6) is 0 Å². The number of benzene rings is 2. The summed E-state index contributed by atoms with van der Waals surface area (Å²) in [5.74, 6) is 1.42. The predicted molar refractivity (Wildman–Crippen MR) is 112 cm³/mol. The normalized spacial score (nSPS) is 13.1. The summed E-state index contributed by atoms with van der Waals surface area (Å²) >= 11 is 0. The van der Waals surface area contributed by atoms with Crippen molar-refractivity contribution in [2.75, 3.05) is 5.32 Å². The van der Waals surface area contributed by atoms with Crippen LogP contribution in [0.3, 0.4) is 0 Å². The van der Waals surface area contributed by atoms with Crippen molar-refractivity contribution in [3.05, 3.63) is 66.6 Å². The summed E-state index contributed by atoms with van der Waals surface area (Å²) in [6, 6.07) is 17.3. The number of fused-ring (bicyclic) bond motifs is 1. The second-order valence-electron chi connectivity index (χ2n) is 7.33. The number of hydrogen-bond acceptors (Lipinski definition) is 5. The number of aromatic nitrogens is 6. The number of carbonyl (C=O) groups is 1. The van der Waals surface area contributed by atoms with E-state index >= 15 is 0 Å². The van der Waals surface area contributed by atoms with Crippen LogP contribution in [0.4, 0.5) is 5.69 Å². The van der Waals surface area contributed by atoms with E-state index in [4.69, 9.17) is 4.98 Å². The Bertz CT molecular complexity index is 1160. The average molecular weight is 399 g/mol. The van der Waals surface area contributed by atoms with E-state index in [2.05, 4.69) is 31.5 Å². The molecule has 5 rings (SSSR count). The molecule has 0 unspecified atom stereocenters. The number of nitrogens with zero attached hydrogens (tertiary/aromatic N) is 6. The summed E-state index contributed by atoms with van der Waals surface area (Å²) in [6.45, 7) is 1.01. The quantitative estimate of drug-likeness (QED) is 0.557. The lowest BCUT2D eigenvalue weighted by Crippen LogP contribution is -2.20. The maximum Gasteiger partial charge on any atom is 0.248 e. The summed E-state index contributed by atoms with van der Waals surface area (Å²) in [5.41, 5.74) is 3.50. The van der Waals surface area contributed by atoms with Gasteiger partial charge in [0.2, 0.25) is 11.7 Å². The SMILES string of the molecule is O=C(Cn1nnc(-c2ccccc2)n1)Nc1cccc(-c2cn3c(n2)CCCC3)c1. The predicted octanol–water partition coefficient (Wildman–Crippen LogP) is 3.18. The van der Waals surface area contributed by atoms with Crippen molar-refractivity contribution in [3.8, 4) is 22.6 Å². The summed E-state index contributed by atoms with van der Waals surface area (Å²) < 4.78 is 2.23. The zero-order valence-corrected chi connectivity index (χ0v) is 16.4. The first-order valence-electron chi connectivity index (χ1n) is 10.0. The molecule has 0 atom stereocenters. The Morgan fingerprint density at radius 1 is 1.03 bits per heavy atom. The standard InChI is InChI=1S/C22H21N7O/c30-21(15-29-26-22(25-27-29)16-7-2-1-3-8-16)23-18-10-6-9-17(13-18)19-14-28-12-5-4-11-20(28)24-19/h1-3,6-10,13-14H,4-5,11-12,15H2,(H,23,30). The first kappa shape index (κ1) is 18.2. The maximum atomic E-state index is 12.5. The molecule has 1 aliphatic rings. The van der Waals surface area contributed by atoms with Gasteiger partial charge in [-0.15, -0.1) is 10.2 Å². The van der Waals surface area contributed by atoms with E-state index in [-0.39, 0.29) is 12.5 Å². The lowest BCUT2D eigenvalue weighted by molar-refractivity contribution is -0.117. The fraction of sp³-hybridized carbons (Fsp3) is 0.227. The van der Waals surface area contributed by atoms with Crippen molar-refractivity contribution >= 4 is 11.6 Å². The lowest BCUT2D eigenvalue weighted by Gasteiger charge is -2.11. The van der Waals surface area contributed by atoms with Crippen LogP contribution in [0.15, 0.2) is 60.8 Å². The van der Waals surface area contributed by atoms with Crippen molar-refractivity contribution < 1.29 is 4.79 Å². The van der Waals surface area contributed by atoms with Crippen LogP contribution >= 0.6 is 0 Å². The Morgan fingerprint density at radius 2 is 1.90 bits per heavy atom. The number of imidazole rings is 1. The van der Waals surface area contributed by atoms with Crippen molar-refractivity contribution in [1.82, 2.24) is 29.8 Å². The number of aryl methyl sites for hydroxylation is 2. The zero-order chi connectivity index (χ0) is 20.3. The molecule has 150 valence electrons. The molecule has 2 aromatic heterocycles. The van der Waals surface area contributed by atoms with Gasteiger partial charge in [-0.05, 0) is 30.2 Å². The summed E-state index contributed by atoms with van der Waals surface area (Å²) in [5, 5.41) is 15.2. The molecule has 4 aromatic rings. The molecule has 0 radical (unpaired) electrons. The van der Waals surface area contributed by atoms with E-state index in [0.717, 1.165) is 35.6 Å². The number of anilines is 1. The molecule has 8 heteroatoms. The molecule has 1 N–H and O–H groups in total. The minimum Gasteiger partial charge on any atom is -0.334 e. The third-order valence-corrected chi connectivity index (χ3v) is 5.12. The van der Waals surface area contributed by atoms with E-state index in [1.54, 1.807) is 0 Å². The average Bonchev–Trinajstić information content (AvgIpc) is 3.41. The number of rotatable bonds is 5. The molecule has 8 nitrogen and oxygen atoms in total. The number of hydrogen-bond donors (Lipinski definition) is 1. The largest absolute Gasteiger partial charge is 0.334 e. The van der Waals surface area contributed by atoms with Gasteiger partial charge in [-0.2, -0.15) is 4.80 Å². The van der Waals surface area contributed by atoms with Crippen LogP contribution in [0, 0.1) is 0 Å². The topological polar surface area (TPSA) is 90.5 Å². The minimum absolute atomic E-state index is 0.0111. The molecule has 30 heavy (non-hydrogen) atoms. The number of amides is 1. The van der Waals surface area contributed by atoms with Gasteiger partial charge in [0.15, 0.2) is 0 Å². The first-order valence-corrected chi connectivity index (χ1v) is 10.0. The fourth-order valence-corrected chi connectivity index (χ4v) is 3.65. The van der Waals surface area contributed by atoms with Gasteiger partial charge >= 0.3 is 0 Å². The van der Waals surface area contributed by atoms with Crippen LogP contribution in [-0.4, -0.2) is 35.7 Å². The van der Waals surface area contributed by atoms with E-state index < -0.39 is 0 Å². The Labute approximate surface area is 173 Å². The molecule has 0 fully saturated rings. The Morgan fingerprint density at radius 3 is 2.77 bits per heavy atom. The molecule has 0 spiro atoms. The summed E-state index contributed by atoms with van der Waals surface area (Å²) in [4.78, 5) is 18.5. The molecule has 0 aliphatic carbocycles. The lowest BCUT2D eigenvalue weighted by atomic mass is 10.1. The molecule has 3 heterocycles. The smallest absolute Gasteiger partial charge is 0.248 e. The van der Waals surface area contributed by atoms with Crippen LogP contribution in [-0.2, 0) is 24.3 Å². The van der Waals surface area contributed by atoms with Crippen molar-refractivity contribution in [2.24, 2.45) is 0 Å². The van der Waals surface area contributed by atoms with Gasteiger partial charge in [-0.3, -0.25) is 4.79 Å². The number of tetrazole rings is 1. The second-order valence-corrected chi connectivity index (χ2v) is 7.33. The third-order valence-electron chi connectivity index (χ3n) is 5.12. The molecular formula is C22H21N7O. The highest BCUT2D eigenvalue weighted by Crippen LogP contribution is 2.24. The molecular weight excluding hydrogens is 378 g/mol. The van der Waals surface area contributed by atoms with Crippen LogP contribution in [0.1, 0.15) is 18.7 Å². The van der Waals surface area contributed by atoms with Crippen molar-refractivity contribution in [1.29, 1.82) is 0 Å². The van der Waals surface area contributed by atoms with Gasteiger partial charge in [0.05, 0.1) is 5.69 Å². The van der Waals surface area contributed by atoms with Gasteiger partial charge in [-0.25, -0.2) is 4.98 Å². The highest BCUT2D eigenvalue weighted by Gasteiger charge is 2.14. The van der Waals surface area contributed by atoms with E-state index in [9.17, 15) is 4.79 Å². The number of carbonyl (C=O) groups excluding carboxylic acids is 1. The van der Waals surface area contributed by atoms with Crippen LogP contribution in [0.25, 0.3) is 22.6 Å². The van der Waals surface area contributed by atoms with E-state index in [1.165, 1.54) is 17.6 Å². The Kier molecular flexibility index (Phi) is 4.80. The van der Waals surface area contributed by atoms with E-state index in [1.807, 2.05) is 54.6 Å².